The third-order valence-corrected chi connectivity index (χ3v) is 4.48. The number of nitrogens with zero attached hydrogens (tertiary/aromatic N) is 2. The van der Waals surface area contributed by atoms with Gasteiger partial charge in [0.1, 0.15) is 0 Å². The van der Waals surface area contributed by atoms with Crippen LogP contribution in [-0.2, 0) is 13.1 Å². The Labute approximate surface area is 141 Å². The van der Waals surface area contributed by atoms with Crippen molar-refractivity contribution in [1.82, 2.24) is 9.55 Å². The number of nitrogens with one attached hydrogen (secondary N) is 1. The highest BCUT2D eigenvalue weighted by atomic mass is 35.5. The first kappa shape index (κ1) is 15.6. The lowest BCUT2D eigenvalue weighted by atomic mass is 10.2. The van der Waals surface area contributed by atoms with Crippen LogP contribution in [0.2, 0.25) is 5.02 Å². The average Bonchev–Trinajstić information content (AvgIpc) is 2.80. The zero-order valence-electron chi connectivity index (χ0n) is 13.4. The molecule has 0 spiro atoms. The number of allylic oxidation sites excluding steroid dienone is 1. The maximum Gasteiger partial charge on any atom is 0.150 e. The Morgan fingerprint density at radius 1 is 1.22 bits per heavy atom. The second-order valence-electron chi connectivity index (χ2n) is 5.65. The van der Waals surface area contributed by atoms with E-state index in [0.29, 0.717) is 6.54 Å². The second kappa shape index (κ2) is 6.47. The molecule has 1 N–H and O–H groups in total. The molecule has 0 saturated carbocycles. The minimum atomic E-state index is 0.709. The van der Waals surface area contributed by atoms with Crippen molar-refractivity contribution in [1.29, 1.82) is 0 Å². The van der Waals surface area contributed by atoms with Gasteiger partial charge in [0.05, 0.1) is 5.52 Å². The van der Waals surface area contributed by atoms with E-state index in [9.17, 15) is 0 Å². The van der Waals surface area contributed by atoms with Gasteiger partial charge in [-0.1, -0.05) is 29.8 Å². The predicted octanol–water partition coefficient (Wildman–Crippen LogP) is 5.10. The fraction of sp³-hybridized carbons (Fsp3) is 0.211. The quantitative estimate of drug-likeness (QED) is 0.661. The highest BCUT2D eigenvalue weighted by Gasteiger charge is 2.14. The van der Waals surface area contributed by atoms with Gasteiger partial charge in [-0.25, -0.2) is 4.98 Å². The van der Waals surface area contributed by atoms with E-state index in [1.54, 1.807) is 0 Å². The SMILES string of the molecule is C=CCn1c(C)c(C)c2ccnc(NCc3ccc(Cl)cc3)c21. The number of pyridine rings is 1. The molecule has 4 heteroatoms. The van der Waals surface area contributed by atoms with Crippen molar-refractivity contribution in [2.45, 2.75) is 26.9 Å². The summed E-state index contributed by atoms with van der Waals surface area (Å²) in [5.41, 5.74) is 4.85. The molecule has 0 saturated heterocycles. The topological polar surface area (TPSA) is 29.9 Å². The van der Waals surface area contributed by atoms with Gasteiger partial charge in [-0.15, -0.1) is 6.58 Å². The summed E-state index contributed by atoms with van der Waals surface area (Å²) in [4.78, 5) is 4.54. The summed E-state index contributed by atoms with van der Waals surface area (Å²) in [6, 6.07) is 9.93. The number of fused-ring (bicyclic) bond motifs is 1. The van der Waals surface area contributed by atoms with Crippen molar-refractivity contribution in [3.05, 3.63) is 71.0 Å². The number of rotatable bonds is 5. The first-order chi connectivity index (χ1) is 11.1. The zero-order chi connectivity index (χ0) is 16.4. The lowest BCUT2D eigenvalue weighted by Crippen LogP contribution is -2.05. The molecular weight excluding hydrogens is 306 g/mol. The summed E-state index contributed by atoms with van der Waals surface area (Å²) in [5.74, 6) is 0.899. The van der Waals surface area contributed by atoms with Gasteiger partial charge >= 0.3 is 0 Å². The molecule has 3 nitrogen and oxygen atoms in total. The van der Waals surface area contributed by atoms with Crippen LogP contribution in [0.4, 0.5) is 5.82 Å². The zero-order valence-corrected chi connectivity index (χ0v) is 14.2. The van der Waals surface area contributed by atoms with Crippen molar-refractivity contribution < 1.29 is 0 Å². The monoisotopic (exact) mass is 325 g/mol. The van der Waals surface area contributed by atoms with Gasteiger partial charge in [0.15, 0.2) is 5.82 Å². The number of hydrogen-bond donors (Lipinski definition) is 1. The van der Waals surface area contributed by atoms with Crippen LogP contribution in [0.5, 0.6) is 0 Å². The van der Waals surface area contributed by atoms with E-state index in [1.165, 1.54) is 22.2 Å². The first-order valence-electron chi connectivity index (χ1n) is 7.65. The standard InChI is InChI=1S/C19H20ClN3/c1-4-11-23-14(3)13(2)17-9-10-21-19(18(17)23)22-12-15-5-7-16(20)8-6-15/h4-10H,1,11-12H2,2-3H3,(H,21,22). The van der Waals surface area contributed by atoms with Gasteiger partial charge in [0.2, 0.25) is 0 Å². The molecule has 0 unspecified atom stereocenters. The number of halogens is 1. The molecule has 0 aliphatic carbocycles. The lowest BCUT2D eigenvalue weighted by Gasteiger charge is -2.11. The van der Waals surface area contributed by atoms with Crippen molar-refractivity contribution in [3.8, 4) is 0 Å². The summed E-state index contributed by atoms with van der Waals surface area (Å²) in [7, 11) is 0. The van der Waals surface area contributed by atoms with Gasteiger partial charge in [-0.3, -0.25) is 0 Å². The van der Waals surface area contributed by atoms with E-state index in [-0.39, 0.29) is 0 Å². The lowest BCUT2D eigenvalue weighted by molar-refractivity contribution is 0.822. The molecule has 0 fully saturated rings. The van der Waals surface area contributed by atoms with Crippen molar-refractivity contribution >= 4 is 28.3 Å². The Morgan fingerprint density at radius 2 is 1.96 bits per heavy atom. The van der Waals surface area contributed by atoms with Crippen LogP contribution in [0.15, 0.2) is 49.2 Å². The summed E-state index contributed by atoms with van der Waals surface area (Å²) in [6.07, 6.45) is 3.78. The summed E-state index contributed by atoms with van der Waals surface area (Å²) >= 11 is 5.94. The smallest absolute Gasteiger partial charge is 0.150 e. The molecule has 3 aromatic rings. The number of aryl methyl sites for hydroxylation is 1. The molecule has 0 bridgehead atoms. The van der Waals surface area contributed by atoms with Gasteiger partial charge in [0, 0.05) is 35.4 Å². The Hall–Kier alpha value is -2.26. The number of aromatic nitrogens is 2. The Morgan fingerprint density at radius 3 is 2.65 bits per heavy atom. The molecule has 0 radical (unpaired) electrons. The van der Waals surface area contributed by atoms with Crippen LogP contribution in [-0.4, -0.2) is 9.55 Å². The van der Waals surface area contributed by atoms with E-state index < -0.39 is 0 Å². The third-order valence-electron chi connectivity index (χ3n) is 4.23. The van der Waals surface area contributed by atoms with Gasteiger partial charge in [-0.05, 0) is 43.2 Å². The molecule has 0 amide bonds. The van der Waals surface area contributed by atoms with Crippen molar-refractivity contribution in [2.75, 3.05) is 5.32 Å². The molecule has 0 atom stereocenters. The van der Waals surface area contributed by atoms with Gasteiger partial charge < -0.3 is 9.88 Å². The Kier molecular flexibility index (Phi) is 4.39. The number of hydrogen-bond acceptors (Lipinski definition) is 2. The fourth-order valence-electron chi connectivity index (χ4n) is 2.87. The normalized spacial score (nSPS) is 10.9. The molecule has 1 aromatic carbocycles. The van der Waals surface area contributed by atoms with E-state index in [2.05, 4.69) is 41.4 Å². The molecule has 23 heavy (non-hydrogen) atoms. The minimum Gasteiger partial charge on any atom is -0.364 e. The van der Waals surface area contributed by atoms with Gasteiger partial charge in [0.25, 0.3) is 0 Å². The first-order valence-corrected chi connectivity index (χ1v) is 8.03. The van der Waals surface area contributed by atoms with Crippen molar-refractivity contribution in [2.24, 2.45) is 0 Å². The average molecular weight is 326 g/mol. The minimum absolute atomic E-state index is 0.709. The van der Waals surface area contributed by atoms with E-state index in [1.807, 2.05) is 36.5 Å². The highest BCUT2D eigenvalue weighted by Crippen LogP contribution is 2.29. The number of anilines is 1. The van der Waals surface area contributed by atoms with Crippen LogP contribution in [0.3, 0.4) is 0 Å². The molecule has 2 aromatic heterocycles. The number of benzene rings is 1. The van der Waals surface area contributed by atoms with E-state index >= 15 is 0 Å². The molecular formula is C19H20ClN3. The summed E-state index contributed by atoms with van der Waals surface area (Å²) in [6.45, 7) is 9.65. The highest BCUT2D eigenvalue weighted by molar-refractivity contribution is 6.30. The van der Waals surface area contributed by atoms with Crippen LogP contribution in [0, 0.1) is 13.8 Å². The Bertz CT molecular complexity index is 847. The fourth-order valence-corrected chi connectivity index (χ4v) is 3.00. The van der Waals surface area contributed by atoms with E-state index in [0.717, 1.165) is 22.9 Å². The predicted molar refractivity (Wildman–Crippen MR) is 98.2 cm³/mol. The van der Waals surface area contributed by atoms with Gasteiger partial charge in [-0.2, -0.15) is 0 Å². The van der Waals surface area contributed by atoms with E-state index in [4.69, 9.17) is 11.6 Å². The Balaban J connectivity index is 1.98. The third kappa shape index (κ3) is 2.97. The molecule has 0 aliphatic rings. The van der Waals surface area contributed by atoms with Crippen LogP contribution in [0.1, 0.15) is 16.8 Å². The van der Waals surface area contributed by atoms with Crippen LogP contribution >= 0.6 is 11.6 Å². The molecule has 2 heterocycles. The maximum absolute atomic E-state index is 5.94. The van der Waals surface area contributed by atoms with Crippen LogP contribution in [0.25, 0.3) is 10.9 Å². The summed E-state index contributed by atoms with van der Waals surface area (Å²) in [5, 5.41) is 5.44. The summed E-state index contributed by atoms with van der Waals surface area (Å²) < 4.78 is 2.26. The van der Waals surface area contributed by atoms with Crippen LogP contribution < -0.4 is 5.32 Å². The largest absolute Gasteiger partial charge is 0.364 e. The molecule has 3 rings (SSSR count). The molecule has 0 aliphatic heterocycles. The molecule has 118 valence electrons. The maximum atomic E-state index is 5.94. The second-order valence-corrected chi connectivity index (χ2v) is 6.08. The van der Waals surface area contributed by atoms with Crippen molar-refractivity contribution in [3.63, 3.8) is 0 Å².